The molecule has 0 bridgehead atoms. The van der Waals surface area contributed by atoms with Crippen LogP contribution in [-0.4, -0.2) is 20.9 Å². The predicted molar refractivity (Wildman–Crippen MR) is 84.6 cm³/mol. The van der Waals surface area contributed by atoms with E-state index in [0.717, 1.165) is 24.7 Å². The first kappa shape index (κ1) is 17.5. The van der Waals surface area contributed by atoms with Crippen molar-refractivity contribution in [3.63, 3.8) is 0 Å². The fraction of sp³-hybridized carbons (Fsp3) is 0.0588. The van der Waals surface area contributed by atoms with Crippen LogP contribution in [0.15, 0.2) is 55.0 Å². The number of halogens is 4. The minimum absolute atomic E-state index is 0.0172. The molecule has 2 heterocycles. The SMILES string of the molecule is O=C(Nc1cnc(-c2cncc(F)c2)nc1C(F)(F)F)c1ccccc1. The second kappa shape index (κ2) is 6.87. The largest absolute Gasteiger partial charge is 0.435 e. The number of hydrogen-bond acceptors (Lipinski definition) is 4. The van der Waals surface area contributed by atoms with Crippen LogP contribution in [0.1, 0.15) is 16.1 Å². The van der Waals surface area contributed by atoms with Crippen molar-refractivity contribution in [1.82, 2.24) is 15.0 Å². The molecule has 26 heavy (non-hydrogen) atoms. The third-order valence-corrected chi connectivity index (χ3v) is 3.30. The third kappa shape index (κ3) is 3.82. The van der Waals surface area contributed by atoms with Crippen LogP contribution < -0.4 is 5.32 Å². The van der Waals surface area contributed by atoms with E-state index in [4.69, 9.17) is 0 Å². The number of nitrogens with zero attached hydrogens (tertiary/aromatic N) is 3. The van der Waals surface area contributed by atoms with Gasteiger partial charge in [-0.15, -0.1) is 0 Å². The van der Waals surface area contributed by atoms with Gasteiger partial charge >= 0.3 is 6.18 Å². The molecular formula is C17H10F4N4O. The Bertz CT molecular complexity index is 945. The third-order valence-electron chi connectivity index (χ3n) is 3.30. The highest BCUT2D eigenvalue weighted by Crippen LogP contribution is 2.34. The van der Waals surface area contributed by atoms with Crippen LogP contribution in [0.3, 0.4) is 0 Å². The van der Waals surface area contributed by atoms with Crippen molar-refractivity contribution in [2.24, 2.45) is 0 Å². The first-order valence-corrected chi connectivity index (χ1v) is 7.26. The number of pyridine rings is 1. The van der Waals surface area contributed by atoms with Crippen LogP contribution in [0.4, 0.5) is 23.2 Å². The number of amides is 1. The summed E-state index contributed by atoms with van der Waals surface area (Å²) < 4.78 is 53.3. The lowest BCUT2D eigenvalue weighted by Crippen LogP contribution is -2.19. The summed E-state index contributed by atoms with van der Waals surface area (Å²) in [7, 11) is 0. The van der Waals surface area contributed by atoms with Crippen LogP contribution in [0, 0.1) is 5.82 Å². The van der Waals surface area contributed by atoms with Crippen molar-refractivity contribution < 1.29 is 22.4 Å². The molecule has 0 saturated heterocycles. The molecule has 0 unspecified atom stereocenters. The highest BCUT2D eigenvalue weighted by molar-refractivity contribution is 6.04. The lowest BCUT2D eigenvalue weighted by molar-refractivity contribution is -0.140. The molecule has 132 valence electrons. The number of aromatic nitrogens is 3. The van der Waals surface area contributed by atoms with Crippen LogP contribution in [0.2, 0.25) is 0 Å². The molecule has 0 radical (unpaired) electrons. The molecule has 0 saturated carbocycles. The van der Waals surface area contributed by atoms with E-state index in [1.165, 1.54) is 12.1 Å². The van der Waals surface area contributed by atoms with Gasteiger partial charge in [0.05, 0.1) is 18.1 Å². The number of rotatable bonds is 3. The summed E-state index contributed by atoms with van der Waals surface area (Å²) in [4.78, 5) is 22.9. The van der Waals surface area contributed by atoms with E-state index in [1.807, 2.05) is 0 Å². The summed E-state index contributed by atoms with van der Waals surface area (Å²) in [6.07, 6.45) is -1.97. The van der Waals surface area contributed by atoms with E-state index in [1.54, 1.807) is 18.2 Å². The summed E-state index contributed by atoms with van der Waals surface area (Å²) in [5.41, 5.74) is -1.77. The zero-order valence-corrected chi connectivity index (χ0v) is 13.0. The van der Waals surface area contributed by atoms with Crippen LogP contribution in [0.5, 0.6) is 0 Å². The highest BCUT2D eigenvalue weighted by atomic mass is 19.4. The number of nitrogens with one attached hydrogen (secondary N) is 1. The summed E-state index contributed by atoms with van der Waals surface area (Å²) in [6, 6.07) is 8.70. The van der Waals surface area contributed by atoms with Crippen molar-refractivity contribution in [3.05, 3.63) is 72.1 Å². The molecule has 0 fully saturated rings. The molecule has 9 heteroatoms. The average molecular weight is 362 g/mol. The van der Waals surface area contributed by atoms with Gasteiger partial charge in [-0.25, -0.2) is 14.4 Å². The van der Waals surface area contributed by atoms with Gasteiger partial charge in [0.25, 0.3) is 5.91 Å². The number of carbonyl (C=O) groups is 1. The summed E-state index contributed by atoms with van der Waals surface area (Å²) in [5, 5.41) is 2.15. The van der Waals surface area contributed by atoms with E-state index in [0.29, 0.717) is 0 Å². The topological polar surface area (TPSA) is 67.8 Å². The Morgan fingerprint density at radius 3 is 2.42 bits per heavy atom. The zero-order valence-electron chi connectivity index (χ0n) is 13.0. The Labute approximate surface area is 144 Å². The van der Waals surface area contributed by atoms with E-state index >= 15 is 0 Å². The maximum Gasteiger partial charge on any atom is 0.435 e. The maximum absolute atomic E-state index is 13.3. The van der Waals surface area contributed by atoms with Crippen molar-refractivity contribution in [2.45, 2.75) is 6.18 Å². The Morgan fingerprint density at radius 1 is 1.04 bits per heavy atom. The van der Waals surface area contributed by atoms with Crippen molar-refractivity contribution in [1.29, 1.82) is 0 Å². The van der Waals surface area contributed by atoms with Gasteiger partial charge in [0, 0.05) is 17.3 Å². The standard InChI is InChI=1S/C17H10F4N4O/c18-12-6-11(7-22-8-12)15-23-9-13(14(25-15)17(19,20)21)24-16(26)10-4-2-1-3-5-10/h1-9H,(H,24,26). The lowest BCUT2D eigenvalue weighted by Gasteiger charge is -2.13. The molecule has 3 rings (SSSR count). The van der Waals surface area contributed by atoms with Gasteiger partial charge in [-0.2, -0.15) is 13.2 Å². The summed E-state index contributed by atoms with van der Waals surface area (Å²) in [6.45, 7) is 0. The van der Waals surface area contributed by atoms with E-state index in [9.17, 15) is 22.4 Å². The molecule has 0 aliphatic carbocycles. The van der Waals surface area contributed by atoms with Gasteiger partial charge in [-0.1, -0.05) is 18.2 Å². The first-order valence-electron chi connectivity index (χ1n) is 7.26. The minimum Gasteiger partial charge on any atom is -0.319 e. The molecule has 0 aliphatic heterocycles. The molecule has 3 aromatic rings. The smallest absolute Gasteiger partial charge is 0.319 e. The molecule has 1 amide bonds. The highest BCUT2D eigenvalue weighted by Gasteiger charge is 2.37. The molecule has 0 spiro atoms. The second-order valence-electron chi connectivity index (χ2n) is 5.17. The molecule has 2 aromatic heterocycles. The van der Waals surface area contributed by atoms with E-state index in [-0.39, 0.29) is 17.0 Å². The quantitative estimate of drug-likeness (QED) is 0.717. The van der Waals surface area contributed by atoms with Crippen LogP contribution in [-0.2, 0) is 6.18 Å². The van der Waals surface area contributed by atoms with Gasteiger partial charge in [0.1, 0.15) is 5.82 Å². The van der Waals surface area contributed by atoms with Gasteiger partial charge < -0.3 is 5.32 Å². The van der Waals surface area contributed by atoms with Gasteiger partial charge in [0.15, 0.2) is 11.5 Å². The minimum atomic E-state index is -4.85. The van der Waals surface area contributed by atoms with Crippen molar-refractivity contribution >= 4 is 11.6 Å². The molecule has 1 N–H and O–H groups in total. The van der Waals surface area contributed by atoms with E-state index < -0.39 is 29.3 Å². The fourth-order valence-electron chi connectivity index (χ4n) is 2.15. The monoisotopic (exact) mass is 362 g/mol. The summed E-state index contributed by atoms with van der Waals surface area (Å²) >= 11 is 0. The van der Waals surface area contributed by atoms with E-state index in [2.05, 4.69) is 20.3 Å². The number of hydrogen-bond donors (Lipinski definition) is 1. The lowest BCUT2D eigenvalue weighted by atomic mass is 10.2. The molecule has 5 nitrogen and oxygen atoms in total. The summed E-state index contributed by atoms with van der Waals surface area (Å²) in [5.74, 6) is -1.83. The number of carbonyl (C=O) groups excluding carboxylic acids is 1. The zero-order chi connectivity index (χ0) is 18.7. The molecule has 0 atom stereocenters. The van der Waals surface area contributed by atoms with Crippen LogP contribution >= 0.6 is 0 Å². The van der Waals surface area contributed by atoms with Crippen LogP contribution in [0.25, 0.3) is 11.4 Å². The van der Waals surface area contributed by atoms with Crippen molar-refractivity contribution in [3.8, 4) is 11.4 Å². The second-order valence-corrected chi connectivity index (χ2v) is 5.17. The van der Waals surface area contributed by atoms with Gasteiger partial charge in [0.2, 0.25) is 0 Å². The first-order chi connectivity index (χ1) is 12.3. The molecule has 0 aliphatic rings. The Kier molecular flexibility index (Phi) is 4.61. The fourth-order valence-corrected chi connectivity index (χ4v) is 2.15. The number of alkyl halides is 3. The Balaban J connectivity index is 1.99. The normalized spacial score (nSPS) is 11.2. The average Bonchev–Trinajstić information content (AvgIpc) is 2.62. The number of anilines is 1. The van der Waals surface area contributed by atoms with Crippen molar-refractivity contribution in [2.75, 3.05) is 5.32 Å². The predicted octanol–water partition coefficient (Wildman–Crippen LogP) is 3.95. The number of benzene rings is 1. The molecule has 1 aromatic carbocycles. The molecular weight excluding hydrogens is 352 g/mol. The van der Waals surface area contributed by atoms with Gasteiger partial charge in [-0.05, 0) is 18.2 Å². The Hall–Kier alpha value is -3.36. The Morgan fingerprint density at radius 2 is 1.77 bits per heavy atom. The maximum atomic E-state index is 13.3. The van der Waals surface area contributed by atoms with Gasteiger partial charge in [-0.3, -0.25) is 9.78 Å².